The quantitative estimate of drug-likeness (QED) is 0.586. The van der Waals surface area contributed by atoms with Gasteiger partial charge in [0.15, 0.2) is 0 Å². The SMILES string of the molecule is NS(=O)(=O)C[C@H]1CCCNC1. The van der Waals surface area contributed by atoms with E-state index in [1.165, 1.54) is 0 Å². The van der Waals surface area contributed by atoms with Gasteiger partial charge in [0.1, 0.15) is 0 Å². The maximum Gasteiger partial charge on any atom is 0.209 e. The van der Waals surface area contributed by atoms with Gasteiger partial charge in [-0.05, 0) is 31.8 Å². The Labute approximate surface area is 67.2 Å². The average molecular weight is 178 g/mol. The molecule has 3 N–H and O–H groups in total. The summed E-state index contributed by atoms with van der Waals surface area (Å²) in [5.74, 6) is 0.346. The maximum atomic E-state index is 10.6. The highest BCUT2D eigenvalue weighted by molar-refractivity contribution is 7.89. The van der Waals surface area contributed by atoms with Crippen molar-refractivity contribution in [1.82, 2.24) is 5.32 Å². The predicted molar refractivity (Wildman–Crippen MR) is 43.6 cm³/mol. The summed E-state index contributed by atoms with van der Waals surface area (Å²) < 4.78 is 21.3. The molecule has 1 fully saturated rings. The Balaban J connectivity index is 2.36. The summed E-state index contributed by atoms with van der Waals surface area (Å²) in [6.07, 6.45) is 2.03. The van der Waals surface area contributed by atoms with Gasteiger partial charge in [-0.1, -0.05) is 0 Å². The fourth-order valence-corrected chi connectivity index (χ4v) is 2.34. The van der Waals surface area contributed by atoms with E-state index < -0.39 is 10.0 Å². The fraction of sp³-hybridized carbons (Fsp3) is 1.00. The summed E-state index contributed by atoms with van der Waals surface area (Å²) in [7, 11) is -3.26. The molecule has 0 bridgehead atoms. The summed E-state index contributed by atoms with van der Waals surface area (Å²) in [6, 6.07) is 0. The normalized spacial score (nSPS) is 26.8. The zero-order valence-corrected chi connectivity index (χ0v) is 7.23. The molecule has 1 rings (SSSR count). The molecule has 0 saturated carbocycles. The number of sulfonamides is 1. The van der Waals surface area contributed by atoms with Gasteiger partial charge in [-0.25, -0.2) is 13.6 Å². The van der Waals surface area contributed by atoms with E-state index in [-0.39, 0.29) is 11.7 Å². The first-order valence-electron chi connectivity index (χ1n) is 3.79. The lowest BCUT2D eigenvalue weighted by Gasteiger charge is -2.21. The molecule has 1 atom stereocenters. The number of nitrogens with two attached hydrogens (primary N) is 1. The monoisotopic (exact) mass is 178 g/mol. The van der Waals surface area contributed by atoms with Crippen molar-refractivity contribution in [3.8, 4) is 0 Å². The summed E-state index contributed by atoms with van der Waals surface area (Å²) in [5, 5.41) is 8.05. The van der Waals surface area contributed by atoms with Crippen LogP contribution < -0.4 is 10.5 Å². The molecule has 0 radical (unpaired) electrons. The first-order chi connectivity index (χ1) is 5.08. The Kier molecular flexibility index (Phi) is 2.86. The van der Waals surface area contributed by atoms with Crippen molar-refractivity contribution in [1.29, 1.82) is 0 Å². The van der Waals surface area contributed by atoms with Crippen LogP contribution in [0, 0.1) is 5.92 Å². The van der Waals surface area contributed by atoms with E-state index in [4.69, 9.17) is 5.14 Å². The number of piperidine rings is 1. The van der Waals surface area contributed by atoms with Crippen molar-refractivity contribution in [2.45, 2.75) is 12.8 Å². The summed E-state index contributed by atoms with van der Waals surface area (Å²) >= 11 is 0. The van der Waals surface area contributed by atoms with Gasteiger partial charge in [0, 0.05) is 0 Å². The molecule has 0 aromatic rings. The van der Waals surface area contributed by atoms with Gasteiger partial charge in [0.2, 0.25) is 10.0 Å². The minimum Gasteiger partial charge on any atom is -0.316 e. The topological polar surface area (TPSA) is 72.2 Å². The fourth-order valence-electron chi connectivity index (χ4n) is 1.39. The number of hydrogen-bond donors (Lipinski definition) is 2. The zero-order chi connectivity index (χ0) is 8.32. The van der Waals surface area contributed by atoms with Crippen LogP contribution in [-0.4, -0.2) is 27.3 Å². The van der Waals surface area contributed by atoms with Crippen LogP contribution in [0.1, 0.15) is 12.8 Å². The Morgan fingerprint density at radius 3 is 2.73 bits per heavy atom. The van der Waals surface area contributed by atoms with Crippen LogP contribution in [0.2, 0.25) is 0 Å². The number of nitrogens with one attached hydrogen (secondary N) is 1. The van der Waals surface area contributed by atoms with Crippen LogP contribution in [-0.2, 0) is 10.0 Å². The zero-order valence-electron chi connectivity index (χ0n) is 6.41. The van der Waals surface area contributed by atoms with Gasteiger partial charge in [-0.3, -0.25) is 0 Å². The third-order valence-electron chi connectivity index (χ3n) is 1.87. The summed E-state index contributed by atoms with van der Waals surface area (Å²) in [4.78, 5) is 0. The largest absolute Gasteiger partial charge is 0.316 e. The van der Waals surface area contributed by atoms with Crippen LogP contribution >= 0.6 is 0 Å². The maximum absolute atomic E-state index is 10.6. The predicted octanol–water partition coefficient (Wildman–Crippen LogP) is -0.725. The van der Waals surface area contributed by atoms with Crippen molar-refractivity contribution in [3.05, 3.63) is 0 Å². The molecule has 0 aromatic heterocycles. The van der Waals surface area contributed by atoms with Crippen LogP contribution in [0.25, 0.3) is 0 Å². The summed E-state index contributed by atoms with van der Waals surface area (Å²) in [5.41, 5.74) is 0. The number of hydrogen-bond acceptors (Lipinski definition) is 3. The van der Waals surface area contributed by atoms with E-state index >= 15 is 0 Å². The third kappa shape index (κ3) is 3.69. The second-order valence-corrected chi connectivity index (χ2v) is 4.70. The van der Waals surface area contributed by atoms with Gasteiger partial charge >= 0.3 is 0 Å². The van der Waals surface area contributed by atoms with Crippen molar-refractivity contribution in [2.75, 3.05) is 18.8 Å². The lowest BCUT2D eigenvalue weighted by molar-refractivity contribution is 0.404. The highest BCUT2D eigenvalue weighted by Crippen LogP contribution is 2.10. The van der Waals surface area contributed by atoms with Crippen molar-refractivity contribution < 1.29 is 8.42 Å². The molecule has 1 heterocycles. The lowest BCUT2D eigenvalue weighted by atomic mass is 10.0. The molecule has 0 amide bonds. The second-order valence-electron chi connectivity index (χ2n) is 3.04. The van der Waals surface area contributed by atoms with E-state index in [0.29, 0.717) is 0 Å². The van der Waals surface area contributed by atoms with Crippen LogP contribution in [0.15, 0.2) is 0 Å². The Bertz CT molecular complexity index is 207. The molecule has 0 aromatic carbocycles. The highest BCUT2D eigenvalue weighted by Gasteiger charge is 2.17. The van der Waals surface area contributed by atoms with Gasteiger partial charge in [0.05, 0.1) is 5.75 Å². The van der Waals surface area contributed by atoms with E-state index in [1.54, 1.807) is 0 Å². The molecule has 0 unspecified atom stereocenters. The van der Waals surface area contributed by atoms with Crippen LogP contribution in [0.5, 0.6) is 0 Å². The minimum absolute atomic E-state index is 0.125. The lowest BCUT2D eigenvalue weighted by Crippen LogP contribution is -2.35. The molecule has 1 saturated heterocycles. The van der Waals surface area contributed by atoms with Crippen LogP contribution in [0.3, 0.4) is 0 Å². The molecular weight excluding hydrogens is 164 g/mol. The summed E-state index contributed by atoms with van der Waals surface area (Å²) in [6.45, 7) is 1.79. The number of primary sulfonamides is 1. The molecule has 0 aliphatic carbocycles. The average Bonchev–Trinajstić information content (AvgIpc) is 1.85. The van der Waals surface area contributed by atoms with Gasteiger partial charge in [-0.15, -0.1) is 0 Å². The Hall–Kier alpha value is -0.130. The first kappa shape index (κ1) is 8.96. The van der Waals surface area contributed by atoms with E-state index in [0.717, 1.165) is 25.9 Å². The third-order valence-corrected chi connectivity index (χ3v) is 2.80. The standard InChI is InChI=1S/C6H14N2O2S/c7-11(9,10)5-6-2-1-3-8-4-6/h6,8H,1-5H2,(H2,7,9,10)/t6-/m0/s1. The van der Waals surface area contributed by atoms with Crippen LogP contribution in [0.4, 0.5) is 0 Å². The van der Waals surface area contributed by atoms with Crippen molar-refractivity contribution in [3.63, 3.8) is 0 Å². The van der Waals surface area contributed by atoms with E-state index in [2.05, 4.69) is 5.32 Å². The number of rotatable bonds is 2. The molecule has 1 aliphatic rings. The first-order valence-corrected chi connectivity index (χ1v) is 5.50. The van der Waals surface area contributed by atoms with Gasteiger partial charge in [-0.2, -0.15) is 0 Å². The Morgan fingerprint density at radius 1 is 1.55 bits per heavy atom. The molecule has 0 spiro atoms. The highest BCUT2D eigenvalue weighted by atomic mass is 32.2. The second kappa shape index (κ2) is 3.51. The van der Waals surface area contributed by atoms with Gasteiger partial charge in [0.25, 0.3) is 0 Å². The van der Waals surface area contributed by atoms with E-state index in [9.17, 15) is 8.42 Å². The molecule has 1 aliphatic heterocycles. The minimum atomic E-state index is -3.26. The van der Waals surface area contributed by atoms with Gasteiger partial charge < -0.3 is 5.32 Å². The molecule has 66 valence electrons. The van der Waals surface area contributed by atoms with E-state index in [1.807, 2.05) is 0 Å². The van der Waals surface area contributed by atoms with Crippen molar-refractivity contribution >= 4 is 10.0 Å². The molecular formula is C6H14N2O2S. The molecule has 11 heavy (non-hydrogen) atoms. The molecule has 4 nitrogen and oxygen atoms in total. The Morgan fingerprint density at radius 2 is 2.27 bits per heavy atom. The smallest absolute Gasteiger partial charge is 0.209 e. The molecule has 5 heteroatoms. The van der Waals surface area contributed by atoms with Crippen molar-refractivity contribution in [2.24, 2.45) is 11.1 Å².